The summed E-state index contributed by atoms with van der Waals surface area (Å²) >= 11 is 0. The monoisotopic (exact) mass is 253 g/mol. The van der Waals surface area contributed by atoms with Crippen molar-refractivity contribution in [2.24, 2.45) is 5.92 Å². The molecule has 5 heteroatoms. The topological polar surface area (TPSA) is 60.8 Å². The molecule has 1 unspecified atom stereocenters. The van der Waals surface area contributed by atoms with Gasteiger partial charge in [-0.3, -0.25) is 0 Å². The largest absolute Gasteiger partial charge is 0.465 e. The summed E-state index contributed by atoms with van der Waals surface area (Å²) in [6.45, 7) is 0.800. The van der Waals surface area contributed by atoms with Crippen LogP contribution in [0.15, 0.2) is 24.3 Å². The molecule has 0 aromatic heterocycles. The standard InChI is InChI=1S/C13H16FNO3/c14-11-5-1-3-9(7-11)12(16)10-4-2-6-15(8-10)13(17)18/h1,3,5,7,10,12,16H,2,4,6,8H2,(H,17,18)/t10?,12-/m0/s1. The summed E-state index contributed by atoms with van der Waals surface area (Å²) in [6, 6.07) is 5.82. The fraction of sp³-hybridized carbons (Fsp3) is 0.462. The normalized spacial score (nSPS) is 21.7. The Labute approximate surface area is 105 Å². The van der Waals surface area contributed by atoms with E-state index >= 15 is 0 Å². The van der Waals surface area contributed by atoms with Crippen LogP contribution in [-0.4, -0.2) is 34.3 Å². The van der Waals surface area contributed by atoms with Crippen LogP contribution in [0.3, 0.4) is 0 Å². The molecular weight excluding hydrogens is 237 g/mol. The maximum absolute atomic E-state index is 13.1. The smallest absolute Gasteiger partial charge is 0.407 e. The van der Waals surface area contributed by atoms with Crippen LogP contribution in [-0.2, 0) is 0 Å². The van der Waals surface area contributed by atoms with E-state index in [2.05, 4.69) is 0 Å². The lowest BCUT2D eigenvalue weighted by molar-refractivity contribution is 0.0501. The molecule has 2 N–H and O–H groups in total. The predicted octanol–water partition coefficient (Wildman–Crippen LogP) is 2.25. The lowest BCUT2D eigenvalue weighted by Crippen LogP contribution is -2.40. The van der Waals surface area contributed by atoms with Crippen LogP contribution in [0, 0.1) is 11.7 Å². The molecule has 1 aliphatic rings. The molecule has 98 valence electrons. The van der Waals surface area contributed by atoms with Crippen molar-refractivity contribution < 1.29 is 19.4 Å². The molecule has 0 aliphatic carbocycles. The van der Waals surface area contributed by atoms with Crippen molar-refractivity contribution in [3.05, 3.63) is 35.6 Å². The molecule has 1 heterocycles. The van der Waals surface area contributed by atoms with Crippen molar-refractivity contribution in [2.75, 3.05) is 13.1 Å². The average molecular weight is 253 g/mol. The van der Waals surface area contributed by atoms with E-state index in [1.807, 2.05) is 0 Å². The first-order valence-electron chi connectivity index (χ1n) is 5.99. The maximum Gasteiger partial charge on any atom is 0.407 e. The highest BCUT2D eigenvalue weighted by molar-refractivity contribution is 5.65. The van der Waals surface area contributed by atoms with Crippen molar-refractivity contribution in [1.82, 2.24) is 4.90 Å². The summed E-state index contributed by atoms with van der Waals surface area (Å²) in [5.41, 5.74) is 0.507. The molecule has 0 saturated carbocycles. The summed E-state index contributed by atoms with van der Waals surface area (Å²) < 4.78 is 13.1. The van der Waals surface area contributed by atoms with Gasteiger partial charge in [0.05, 0.1) is 6.10 Å². The van der Waals surface area contributed by atoms with E-state index in [4.69, 9.17) is 5.11 Å². The third kappa shape index (κ3) is 2.79. The van der Waals surface area contributed by atoms with Gasteiger partial charge in [0, 0.05) is 19.0 Å². The van der Waals surface area contributed by atoms with E-state index < -0.39 is 18.0 Å². The molecule has 1 fully saturated rings. The Balaban J connectivity index is 2.09. The summed E-state index contributed by atoms with van der Waals surface area (Å²) in [6.07, 6.45) is -0.306. The number of halogens is 1. The minimum atomic E-state index is -0.967. The van der Waals surface area contributed by atoms with Crippen LogP contribution >= 0.6 is 0 Å². The van der Waals surface area contributed by atoms with Crippen LogP contribution in [0.4, 0.5) is 9.18 Å². The van der Waals surface area contributed by atoms with Gasteiger partial charge in [-0.25, -0.2) is 9.18 Å². The molecule has 4 nitrogen and oxygen atoms in total. The number of hydrogen-bond acceptors (Lipinski definition) is 2. The van der Waals surface area contributed by atoms with Crippen molar-refractivity contribution in [2.45, 2.75) is 18.9 Å². The molecule has 0 bridgehead atoms. The second-order valence-corrected chi connectivity index (χ2v) is 4.63. The van der Waals surface area contributed by atoms with Gasteiger partial charge < -0.3 is 15.1 Å². The number of hydrogen-bond donors (Lipinski definition) is 2. The van der Waals surface area contributed by atoms with Gasteiger partial charge in [-0.05, 0) is 30.5 Å². The zero-order valence-electron chi connectivity index (χ0n) is 9.92. The zero-order chi connectivity index (χ0) is 13.1. The molecule has 2 rings (SSSR count). The molecule has 1 saturated heterocycles. The third-order valence-corrected chi connectivity index (χ3v) is 3.37. The van der Waals surface area contributed by atoms with Crippen molar-refractivity contribution in [3.8, 4) is 0 Å². The van der Waals surface area contributed by atoms with E-state index in [1.165, 1.54) is 17.0 Å². The van der Waals surface area contributed by atoms with E-state index in [0.29, 0.717) is 18.7 Å². The van der Waals surface area contributed by atoms with Crippen molar-refractivity contribution >= 4 is 6.09 Å². The van der Waals surface area contributed by atoms with E-state index in [0.717, 1.165) is 12.8 Å². The number of nitrogens with zero attached hydrogens (tertiary/aromatic N) is 1. The second kappa shape index (κ2) is 5.35. The first kappa shape index (κ1) is 12.8. The van der Waals surface area contributed by atoms with E-state index in [9.17, 15) is 14.3 Å². The number of rotatable bonds is 2. The summed E-state index contributed by atoms with van der Waals surface area (Å²) in [4.78, 5) is 12.2. The number of carboxylic acid groups (broad SMARTS) is 1. The van der Waals surface area contributed by atoms with Gasteiger partial charge in [-0.1, -0.05) is 12.1 Å². The SMILES string of the molecule is O=C(O)N1CCCC([C@@H](O)c2cccc(F)c2)C1. The number of piperidine rings is 1. The minimum Gasteiger partial charge on any atom is -0.465 e. The fourth-order valence-corrected chi connectivity index (χ4v) is 2.40. The second-order valence-electron chi connectivity index (χ2n) is 4.63. The lowest BCUT2D eigenvalue weighted by Gasteiger charge is -2.33. The molecule has 1 amide bonds. The number of benzene rings is 1. The summed E-state index contributed by atoms with van der Waals surface area (Å²) in [7, 11) is 0. The molecule has 2 atom stereocenters. The third-order valence-electron chi connectivity index (χ3n) is 3.37. The van der Waals surface area contributed by atoms with Crippen LogP contribution in [0.25, 0.3) is 0 Å². The fourth-order valence-electron chi connectivity index (χ4n) is 2.40. The Bertz CT molecular complexity index is 438. The van der Waals surface area contributed by atoms with Crippen molar-refractivity contribution in [1.29, 1.82) is 0 Å². The van der Waals surface area contributed by atoms with Gasteiger partial charge in [0.15, 0.2) is 0 Å². The quantitative estimate of drug-likeness (QED) is 0.849. The average Bonchev–Trinajstić information content (AvgIpc) is 2.38. The number of aliphatic hydroxyl groups excluding tert-OH is 1. The predicted molar refractivity (Wildman–Crippen MR) is 63.7 cm³/mol. The van der Waals surface area contributed by atoms with Crippen molar-refractivity contribution in [3.63, 3.8) is 0 Å². The Morgan fingerprint density at radius 2 is 2.28 bits per heavy atom. The molecule has 0 spiro atoms. The number of amides is 1. The first-order chi connectivity index (χ1) is 8.58. The Morgan fingerprint density at radius 1 is 1.50 bits per heavy atom. The van der Waals surface area contributed by atoms with Crippen LogP contribution in [0.5, 0.6) is 0 Å². The van der Waals surface area contributed by atoms with Gasteiger partial charge >= 0.3 is 6.09 Å². The lowest BCUT2D eigenvalue weighted by atomic mass is 9.88. The molecule has 1 aromatic rings. The van der Waals surface area contributed by atoms with E-state index in [-0.39, 0.29) is 5.92 Å². The minimum absolute atomic E-state index is 0.170. The Morgan fingerprint density at radius 3 is 2.94 bits per heavy atom. The highest BCUT2D eigenvalue weighted by atomic mass is 19.1. The van der Waals surface area contributed by atoms with Gasteiger partial charge in [0.2, 0.25) is 0 Å². The maximum atomic E-state index is 13.1. The van der Waals surface area contributed by atoms with E-state index in [1.54, 1.807) is 12.1 Å². The molecule has 1 aromatic carbocycles. The zero-order valence-corrected chi connectivity index (χ0v) is 9.92. The van der Waals surface area contributed by atoms with Gasteiger partial charge in [0.25, 0.3) is 0 Å². The molecule has 0 radical (unpaired) electrons. The Kier molecular flexibility index (Phi) is 3.81. The highest BCUT2D eigenvalue weighted by Crippen LogP contribution is 2.29. The first-order valence-corrected chi connectivity index (χ1v) is 5.99. The summed E-state index contributed by atoms with van der Waals surface area (Å²) in [5.74, 6) is -0.561. The van der Waals surface area contributed by atoms with Crippen LogP contribution < -0.4 is 0 Å². The molecule has 18 heavy (non-hydrogen) atoms. The van der Waals surface area contributed by atoms with Crippen LogP contribution in [0.2, 0.25) is 0 Å². The molecule has 1 aliphatic heterocycles. The van der Waals surface area contributed by atoms with Gasteiger partial charge in [-0.2, -0.15) is 0 Å². The highest BCUT2D eigenvalue weighted by Gasteiger charge is 2.29. The summed E-state index contributed by atoms with van der Waals surface area (Å²) in [5, 5.41) is 19.1. The van der Waals surface area contributed by atoms with Gasteiger partial charge in [-0.15, -0.1) is 0 Å². The van der Waals surface area contributed by atoms with Crippen LogP contribution in [0.1, 0.15) is 24.5 Å². The number of aliphatic hydroxyl groups is 1. The number of carbonyl (C=O) groups is 1. The number of likely N-dealkylation sites (tertiary alicyclic amines) is 1. The molecular formula is C13H16FNO3. The Hall–Kier alpha value is -1.62. The van der Waals surface area contributed by atoms with Gasteiger partial charge in [0.1, 0.15) is 5.82 Å².